The van der Waals surface area contributed by atoms with Crippen LogP contribution in [0.5, 0.6) is 0 Å². The number of allylic oxidation sites excluding steroid dienone is 2. The van der Waals surface area contributed by atoms with Gasteiger partial charge >= 0.3 is 0 Å². The molecule has 4 saturated carbocycles. The van der Waals surface area contributed by atoms with Crippen LogP contribution in [0.1, 0.15) is 119 Å². The van der Waals surface area contributed by atoms with Crippen LogP contribution in [-0.4, -0.2) is 46.7 Å². The summed E-state index contributed by atoms with van der Waals surface area (Å²) in [5.41, 5.74) is 1.18. The van der Waals surface area contributed by atoms with Crippen LogP contribution in [0, 0.1) is 50.7 Å². The normalized spacial score (nSPS) is 46.1. The van der Waals surface area contributed by atoms with Crippen molar-refractivity contribution >= 4 is 17.5 Å². The predicted octanol–water partition coefficient (Wildman–Crippen LogP) is 6.52. The zero-order valence-corrected chi connectivity index (χ0v) is 26.2. The number of carbonyl (C=O) groups is 3. The topological polar surface area (TPSA) is 74.7 Å². The number of fused-ring (bicyclic) bond motifs is 7. The quantitative estimate of drug-likeness (QED) is 0.405. The van der Waals surface area contributed by atoms with E-state index in [-0.39, 0.29) is 63.5 Å². The van der Waals surface area contributed by atoms with Crippen LogP contribution >= 0.6 is 0 Å². The molecular weight excluding hydrogens is 498 g/mol. The lowest BCUT2D eigenvalue weighted by Gasteiger charge is -2.70. The molecule has 6 rings (SSSR count). The van der Waals surface area contributed by atoms with Crippen LogP contribution in [0.15, 0.2) is 11.1 Å². The van der Waals surface area contributed by atoms with Gasteiger partial charge in [0.15, 0.2) is 5.78 Å². The van der Waals surface area contributed by atoms with E-state index >= 15 is 0 Å². The molecule has 0 aromatic rings. The summed E-state index contributed by atoms with van der Waals surface area (Å²) in [6.45, 7) is 17.7. The van der Waals surface area contributed by atoms with Crippen molar-refractivity contribution in [3.05, 3.63) is 11.1 Å². The molecule has 0 spiro atoms. The third kappa shape index (κ3) is 3.45. The van der Waals surface area contributed by atoms with Gasteiger partial charge in [-0.2, -0.15) is 0 Å². The van der Waals surface area contributed by atoms with Crippen LogP contribution in [0.4, 0.5) is 0 Å². The Balaban J connectivity index is 1.46. The molecule has 1 aliphatic heterocycles. The van der Waals surface area contributed by atoms with E-state index in [1.807, 2.05) is 0 Å². The molecule has 5 heteroatoms. The fourth-order valence-electron chi connectivity index (χ4n) is 12.0. The van der Waals surface area contributed by atoms with Gasteiger partial charge in [-0.3, -0.25) is 14.4 Å². The Hall–Kier alpha value is -1.49. The molecule has 1 heterocycles. The van der Waals surface area contributed by atoms with Crippen LogP contribution in [-0.2, 0) is 14.4 Å². The molecule has 5 nitrogen and oxygen atoms in total. The maximum Gasteiger partial charge on any atom is 0.290 e. The minimum atomic E-state index is -0.937. The van der Waals surface area contributed by atoms with E-state index < -0.39 is 5.41 Å². The second kappa shape index (κ2) is 9.01. The molecule has 40 heavy (non-hydrogen) atoms. The Morgan fingerprint density at radius 1 is 0.850 bits per heavy atom. The van der Waals surface area contributed by atoms with Gasteiger partial charge in [0.1, 0.15) is 0 Å². The highest BCUT2D eigenvalue weighted by Crippen LogP contribution is 2.75. The number of amides is 1. The largest absolute Gasteiger partial charge is 0.393 e. The molecule has 6 aliphatic rings. The van der Waals surface area contributed by atoms with Crippen LogP contribution in [0.25, 0.3) is 0 Å². The monoisotopic (exact) mass is 551 g/mol. The van der Waals surface area contributed by atoms with Crippen molar-refractivity contribution in [2.24, 2.45) is 50.7 Å². The van der Waals surface area contributed by atoms with Crippen LogP contribution < -0.4 is 0 Å². The summed E-state index contributed by atoms with van der Waals surface area (Å²) in [4.78, 5) is 43.3. The minimum Gasteiger partial charge on any atom is -0.393 e. The molecule has 5 fully saturated rings. The molecule has 0 radical (unpaired) electrons. The fourth-order valence-corrected chi connectivity index (χ4v) is 12.0. The van der Waals surface area contributed by atoms with Gasteiger partial charge in [0.25, 0.3) is 5.91 Å². The summed E-state index contributed by atoms with van der Waals surface area (Å²) >= 11 is 0. The van der Waals surface area contributed by atoms with Gasteiger partial charge in [-0.25, -0.2) is 0 Å². The average Bonchev–Trinajstić information content (AvgIpc) is 3.06. The van der Waals surface area contributed by atoms with E-state index in [9.17, 15) is 19.5 Å². The summed E-state index contributed by atoms with van der Waals surface area (Å²) in [7, 11) is 0. The first-order chi connectivity index (χ1) is 18.6. The summed E-state index contributed by atoms with van der Waals surface area (Å²) in [5, 5.41) is 11.0. The molecule has 8 unspecified atom stereocenters. The lowest BCUT2D eigenvalue weighted by Crippen LogP contribution is -2.64. The lowest BCUT2D eigenvalue weighted by atomic mass is 9.34. The molecule has 1 amide bonds. The zero-order chi connectivity index (χ0) is 29.0. The highest BCUT2D eigenvalue weighted by atomic mass is 16.3. The summed E-state index contributed by atoms with van der Waals surface area (Å²) < 4.78 is 0. The van der Waals surface area contributed by atoms with E-state index in [1.54, 1.807) is 4.90 Å². The Kier molecular flexibility index (Phi) is 6.44. The van der Waals surface area contributed by atoms with Crippen molar-refractivity contribution in [1.29, 1.82) is 0 Å². The molecule has 0 aromatic heterocycles. The highest BCUT2D eigenvalue weighted by Gasteiger charge is 2.69. The number of Topliss-reactive ketones (excluding diaryl/α,β-unsaturated/α-hetero) is 2. The van der Waals surface area contributed by atoms with Gasteiger partial charge in [-0.05, 0) is 114 Å². The Labute approximate surface area is 241 Å². The smallest absolute Gasteiger partial charge is 0.290 e. The minimum absolute atomic E-state index is 0.0357. The zero-order valence-electron chi connectivity index (χ0n) is 26.2. The van der Waals surface area contributed by atoms with E-state index in [4.69, 9.17) is 0 Å². The van der Waals surface area contributed by atoms with Crippen molar-refractivity contribution < 1.29 is 19.5 Å². The Bertz CT molecular complexity index is 1160. The molecule has 222 valence electrons. The molecule has 0 bridgehead atoms. The van der Waals surface area contributed by atoms with Crippen LogP contribution in [0.3, 0.4) is 0 Å². The fraction of sp³-hybridized carbons (Fsp3) is 0.857. The Morgan fingerprint density at radius 3 is 2.17 bits per heavy atom. The van der Waals surface area contributed by atoms with E-state index in [0.717, 1.165) is 68.9 Å². The molecule has 1 N–H and O–H groups in total. The SMILES string of the molecule is CC(C)C1=C2C3CCC4C5(C)CCC(O)C(C)(C)C5CCC4(C)C3(C)CCCC2(C(=O)C(=O)N2CCC2)CC1=O. The number of nitrogens with zero attached hydrogens (tertiary/aromatic N) is 1. The van der Waals surface area contributed by atoms with Gasteiger partial charge in [0, 0.05) is 19.5 Å². The maximum absolute atomic E-state index is 14.3. The van der Waals surface area contributed by atoms with Gasteiger partial charge in [0.2, 0.25) is 5.78 Å². The number of likely N-dealkylation sites (tertiary alicyclic amines) is 1. The highest BCUT2D eigenvalue weighted by molar-refractivity contribution is 6.40. The van der Waals surface area contributed by atoms with Crippen molar-refractivity contribution in [2.45, 2.75) is 125 Å². The number of hydrogen-bond acceptors (Lipinski definition) is 4. The number of aliphatic hydroxyl groups excluding tert-OH is 1. The Morgan fingerprint density at radius 2 is 1.55 bits per heavy atom. The number of hydrogen-bond donors (Lipinski definition) is 1. The van der Waals surface area contributed by atoms with Gasteiger partial charge in [-0.1, -0.05) is 54.9 Å². The molecule has 1 saturated heterocycles. The lowest BCUT2D eigenvalue weighted by molar-refractivity contribution is -0.221. The standard InChI is InChI=1S/C35H53NO4/c1-21(2)27-23(37)20-35(29(39)30(40)36-18-9-19-36)15-8-14-33(6)22(28(27)35)10-11-25-32(5)16-13-26(38)31(3,4)24(32)12-17-34(25,33)7/h21-22,24-26,38H,8-20H2,1-7H3. The summed E-state index contributed by atoms with van der Waals surface area (Å²) in [6.07, 6.45) is 9.80. The average molecular weight is 552 g/mol. The van der Waals surface area contributed by atoms with Crippen molar-refractivity contribution in [1.82, 2.24) is 4.90 Å². The third-order valence-electron chi connectivity index (χ3n) is 14.4. The van der Waals surface area contributed by atoms with Gasteiger partial charge in [-0.15, -0.1) is 0 Å². The van der Waals surface area contributed by atoms with Gasteiger partial charge < -0.3 is 10.0 Å². The number of ketones is 2. The molecule has 8 atom stereocenters. The molecule has 5 aliphatic carbocycles. The van der Waals surface area contributed by atoms with E-state index in [1.165, 1.54) is 0 Å². The van der Waals surface area contributed by atoms with E-state index in [0.29, 0.717) is 31.3 Å². The summed E-state index contributed by atoms with van der Waals surface area (Å²) in [5.74, 6) is 0.750. The molecule has 0 aromatic carbocycles. The van der Waals surface area contributed by atoms with Crippen molar-refractivity contribution in [3.63, 3.8) is 0 Å². The maximum atomic E-state index is 14.3. The van der Waals surface area contributed by atoms with E-state index in [2.05, 4.69) is 48.5 Å². The predicted molar refractivity (Wildman–Crippen MR) is 156 cm³/mol. The summed E-state index contributed by atoms with van der Waals surface area (Å²) in [6, 6.07) is 0. The van der Waals surface area contributed by atoms with Crippen LogP contribution in [0.2, 0.25) is 0 Å². The van der Waals surface area contributed by atoms with Crippen molar-refractivity contribution in [2.75, 3.05) is 13.1 Å². The number of rotatable bonds is 3. The van der Waals surface area contributed by atoms with Crippen molar-refractivity contribution in [3.8, 4) is 0 Å². The first-order valence-corrected chi connectivity index (χ1v) is 16.4. The third-order valence-corrected chi connectivity index (χ3v) is 14.4. The number of aliphatic hydroxyl groups is 1. The second-order valence-corrected chi connectivity index (χ2v) is 16.5. The number of carbonyl (C=O) groups excluding carboxylic acids is 3. The first kappa shape index (κ1) is 28.6. The van der Waals surface area contributed by atoms with Gasteiger partial charge in [0.05, 0.1) is 11.5 Å². The second-order valence-electron chi connectivity index (χ2n) is 16.5. The molecular formula is C35H53NO4. The first-order valence-electron chi connectivity index (χ1n) is 16.4.